The van der Waals surface area contributed by atoms with E-state index in [9.17, 15) is 14.4 Å². The lowest BCUT2D eigenvalue weighted by Gasteiger charge is -2.23. The van der Waals surface area contributed by atoms with Gasteiger partial charge in [-0.1, -0.05) is 67.9 Å². The lowest BCUT2D eigenvalue weighted by molar-refractivity contribution is -0.145. The van der Waals surface area contributed by atoms with Gasteiger partial charge in [0, 0.05) is 11.4 Å². The van der Waals surface area contributed by atoms with Crippen molar-refractivity contribution in [1.29, 1.82) is 0 Å². The predicted octanol–water partition coefficient (Wildman–Crippen LogP) is 3.88. The molecule has 2 aromatic carbocycles. The van der Waals surface area contributed by atoms with Crippen LogP contribution in [0.2, 0.25) is 5.02 Å². The van der Waals surface area contributed by atoms with E-state index in [2.05, 4.69) is 10.6 Å². The normalized spacial score (nSPS) is 12.5. The summed E-state index contributed by atoms with van der Waals surface area (Å²) in [5, 5.41) is 5.83. The van der Waals surface area contributed by atoms with Crippen molar-refractivity contribution in [2.45, 2.75) is 45.4 Å². The van der Waals surface area contributed by atoms with Gasteiger partial charge in [-0.25, -0.2) is 9.59 Å². The molecule has 0 saturated heterocycles. The first-order chi connectivity index (χ1) is 15.3. The van der Waals surface area contributed by atoms with Crippen LogP contribution >= 0.6 is 11.6 Å². The predicted molar refractivity (Wildman–Crippen MR) is 122 cm³/mol. The summed E-state index contributed by atoms with van der Waals surface area (Å²) in [6, 6.07) is 14.4. The number of rotatable bonds is 10. The standard InChI is InChI=1S/C24H29ClN2O5/c1-16(2)12-20(27-24(30)32-15-17-8-5-4-6-9-17)22(28)26-21(23(29)31-3)14-18-10-7-11-19(25)13-18/h4-11,13,16,20-21H,12,14-15H2,1-3H3,(H,26,28)(H,27,30)/t20-,21-/m0/s1. The largest absolute Gasteiger partial charge is 0.467 e. The minimum atomic E-state index is -0.928. The zero-order valence-corrected chi connectivity index (χ0v) is 19.2. The van der Waals surface area contributed by atoms with E-state index in [1.807, 2.05) is 44.2 Å². The fourth-order valence-electron chi connectivity index (χ4n) is 3.12. The number of ether oxygens (including phenoxy) is 2. The summed E-state index contributed by atoms with van der Waals surface area (Å²) in [5.74, 6) is -0.967. The van der Waals surface area contributed by atoms with Crippen LogP contribution in [0.25, 0.3) is 0 Å². The molecule has 0 aliphatic carbocycles. The van der Waals surface area contributed by atoms with Gasteiger partial charge in [0.15, 0.2) is 0 Å². The molecule has 2 N–H and O–H groups in total. The van der Waals surface area contributed by atoms with Gasteiger partial charge in [-0.3, -0.25) is 4.79 Å². The second-order valence-corrected chi connectivity index (χ2v) is 8.24. The number of hydrogen-bond donors (Lipinski definition) is 2. The Morgan fingerprint density at radius 3 is 2.25 bits per heavy atom. The van der Waals surface area contributed by atoms with E-state index >= 15 is 0 Å². The van der Waals surface area contributed by atoms with E-state index in [-0.39, 0.29) is 18.9 Å². The molecule has 0 spiro atoms. The van der Waals surface area contributed by atoms with Gasteiger partial charge in [-0.05, 0) is 35.6 Å². The van der Waals surface area contributed by atoms with Crippen LogP contribution in [0.15, 0.2) is 54.6 Å². The molecule has 0 aromatic heterocycles. The molecule has 8 heteroatoms. The number of benzene rings is 2. The molecule has 0 aliphatic heterocycles. The number of amides is 2. The quantitative estimate of drug-likeness (QED) is 0.525. The molecule has 7 nitrogen and oxygen atoms in total. The molecule has 32 heavy (non-hydrogen) atoms. The Balaban J connectivity index is 2.04. The van der Waals surface area contributed by atoms with Gasteiger partial charge >= 0.3 is 12.1 Å². The molecule has 2 rings (SSSR count). The minimum absolute atomic E-state index is 0.0856. The van der Waals surface area contributed by atoms with Gasteiger partial charge < -0.3 is 20.1 Å². The Hall–Kier alpha value is -3.06. The smallest absolute Gasteiger partial charge is 0.408 e. The number of nitrogens with one attached hydrogen (secondary N) is 2. The van der Waals surface area contributed by atoms with Crippen LogP contribution < -0.4 is 10.6 Å². The van der Waals surface area contributed by atoms with Gasteiger partial charge in [0.25, 0.3) is 0 Å². The second kappa shape index (κ2) is 12.7. The maximum Gasteiger partial charge on any atom is 0.408 e. The Morgan fingerprint density at radius 1 is 0.938 bits per heavy atom. The van der Waals surface area contributed by atoms with Crippen LogP contribution in [-0.4, -0.2) is 37.2 Å². The van der Waals surface area contributed by atoms with Crippen LogP contribution in [0.3, 0.4) is 0 Å². The SMILES string of the molecule is COC(=O)[C@H](Cc1cccc(Cl)c1)NC(=O)[C@H](CC(C)C)NC(=O)OCc1ccccc1. The van der Waals surface area contributed by atoms with Crippen LogP contribution in [-0.2, 0) is 32.1 Å². The summed E-state index contributed by atoms with van der Waals surface area (Å²) in [7, 11) is 1.25. The first-order valence-electron chi connectivity index (χ1n) is 10.4. The molecule has 2 amide bonds. The first-order valence-corrected chi connectivity index (χ1v) is 10.8. The van der Waals surface area contributed by atoms with Crippen molar-refractivity contribution >= 4 is 29.6 Å². The molecule has 0 aliphatic rings. The molecule has 0 radical (unpaired) electrons. The number of halogens is 1. The second-order valence-electron chi connectivity index (χ2n) is 7.81. The summed E-state index contributed by atoms with van der Waals surface area (Å²) < 4.78 is 10.1. The molecule has 172 valence electrons. The third kappa shape index (κ3) is 8.59. The van der Waals surface area contributed by atoms with Gasteiger partial charge in [-0.15, -0.1) is 0 Å². The monoisotopic (exact) mass is 460 g/mol. The van der Waals surface area contributed by atoms with Gasteiger partial charge in [0.2, 0.25) is 5.91 Å². The fraction of sp³-hybridized carbons (Fsp3) is 0.375. The van der Waals surface area contributed by atoms with Gasteiger partial charge in [0.1, 0.15) is 18.7 Å². The molecule has 2 aromatic rings. The van der Waals surface area contributed by atoms with Crippen molar-refractivity contribution in [2.24, 2.45) is 5.92 Å². The highest BCUT2D eigenvalue weighted by molar-refractivity contribution is 6.30. The van der Waals surface area contributed by atoms with Crippen molar-refractivity contribution in [3.05, 3.63) is 70.7 Å². The van der Waals surface area contributed by atoms with E-state index in [0.29, 0.717) is 11.4 Å². The molecule has 0 heterocycles. The molecule has 0 fully saturated rings. The lowest BCUT2D eigenvalue weighted by Crippen LogP contribution is -2.53. The third-order valence-corrected chi connectivity index (χ3v) is 4.89. The van der Waals surface area contributed by atoms with Crippen molar-refractivity contribution in [2.75, 3.05) is 7.11 Å². The summed E-state index contributed by atoms with van der Waals surface area (Å²) in [5.41, 5.74) is 1.60. The molecule has 0 unspecified atom stereocenters. The Labute approximate surface area is 193 Å². The van der Waals surface area contributed by atoms with E-state index in [1.54, 1.807) is 24.3 Å². The zero-order chi connectivity index (χ0) is 23.5. The minimum Gasteiger partial charge on any atom is -0.467 e. The maximum atomic E-state index is 13.0. The number of hydrogen-bond acceptors (Lipinski definition) is 5. The van der Waals surface area contributed by atoms with Crippen LogP contribution in [0.5, 0.6) is 0 Å². The first kappa shape index (κ1) is 25.2. The molecule has 2 atom stereocenters. The number of esters is 1. The summed E-state index contributed by atoms with van der Waals surface area (Å²) >= 11 is 6.02. The van der Waals surface area contributed by atoms with Gasteiger partial charge in [-0.2, -0.15) is 0 Å². The average molecular weight is 461 g/mol. The molecule has 0 bridgehead atoms. The van der Waals surface area contributed by atoms with Crippen LogP contribution in [0, 0.1) is 5.92 Å². The summed E-state index contributed by atoms with van der Waals surface area (Å²) in [6.45, 7) is 3.95. The average Bonchev–Trinajstić information content (AvgIpc) is 2.76. The number of alkyl carbamates (subject to hydrolysis) is 1. The maximum absolute atomic E-state index is 13.0. The van der Waals surface area contributed by atoms with Crippen LogP contribution in [0.1, 0.15) is 31.4 Å². The summed E-state index contributed by atoms with van der Waals surface area (Å²) in [6.07, 6.45) is -0.137. The Morgan fingerprint density at radius 2 is 1.62 bits per heavy atom. The zero-order valence-electron chi connectivity index (χ0n) is 18.5. The molecular formula is C24H29ClN2O5. The van der Waals surface area contributed by atoms with Crippen LogP contribution in [0.4, 0.5) is 4.79 Å². The van der Waals surface area contributed by atoms with Crippen molar-refractivity contribution in [3.63, 3.8) is 0 Å². The highest BCUT2D eigenvalue weighted by atomic mass is 35.5. The molecular weight excluding hydrogens is 432 g/mol. The number of carbonyl (C=O) groups excluding carboxylic acids is 3. The summed E-state index contributed by atoms with van der Waals surface area (Å²) in [4.78, 5) is 37.5. The Bertz CT molecular complexity index is 904. The topological polar surface area (TPSA) is 93.7 Å². The van der Waals surface area contributed by atoms with Crippen molar-refractivity contribution < 1.29 is 23.9 Å². The molecule has 0 saturated carbocycles. The van der Waals surface area contributed by atoms with Crippen molar-refractivity contribution in [3.8, 4) is 0 Å². The van der Waals surface area contributed by atoms with E-state index < -0.39 is 30.1 Å². The van der Waals surface area contributed by atoms with E-state index in [0.717, 1.165) is 11.1 Å². The van der Waals surface area contributed by atoms with Crippen molar-refractivity contribution in [1.82, 2.24) is 10.6 Å². The third-order valence-electron chi connectivity index (χ3n) is 4.66. The Kier molecular flexibility index (Phi) is 10.0. The number of carbonyl (C=O) groups is 3. The van der Waals surface area contributed by atoms with Gasteiger partial charge in [0.05, 0.1) is 7.11 Å². The van der Waals surface area contributed by atoms with E-state index in [1.165, 1.54) is 7.11 Å². The highest BCUT2D eigenvalue weighted by Gasteiger charge is 2.28. The van der Waals surface area contributed by atoms with E-state index in [4.69, 9.17) is 21.1 Å². The lowest BCUT2D eigenvalue weighted by atomic mass is 10.0. The number of methoxy groups -OCH3 is 1. The highest BCUT2D eigenvalue weighted by Crippen LogP contribution is 2.14. The fourth-order valence-corrected chi connectivity index (χ4v) is 3.33.